The molecule has 4 aliphatic rings. The SMILES string of the molecule is O=C1COc2c3cccc2Sc2cccc4c2OCC(=O)NCCCNC(=O)COc2c(cccc2Sc2cccc(c2OCC(=O)NCCCN1)S4)S3. The summed E-state index contributed by atoms with van der Waals surface area (Å²) < 4.78 is 25.4. The van der Waals surface area contributed by atoms with Crippen molar-refractivity contribution >= 4 is 70.7 Å². The number of fused-ring (bicyclic) bond motifs is 10. The first-order chi connectivity index (χ1) is 26.4. The van der Waals surface area contributed by atoms with E-state index < -0.39 is 0 Å². The Balaban J connectivity index is 1.46. The van der Waals surface area contributed by atoms with Crippen molar-refractivity contribution in [2.45, 2.75) is 52.0 Å². The molecule has 12 bridgehead atoms. The molecule has 0 atom stereocenters. The molecule has 0 unspecified atom stereocenters. The van der Waals surface area contributed by atoms with Crippen LogP contribution in [0, 0.1) is 0 Å². The smallest absolute Gasteiger partial charge is 0.257 e. The van der Waals surface area contributed by atoms with Crippen LogP contribution < -0.4 is 40.2 Å². The van der Waals surface area contributed by atoms with Crippen molar-refractivity contribution < 1.29 is 38.1 Å². The van der Waals surface area contributed by atoms with Gasteiger partial charge in [0.1, 0.15) is 23.0 Å². The first-order valence-corrected chi connectivity index (χ1v) is 20.5. The normalized spacial score (nSPS) is 17.2. The molecule has 4 heterocycles. The van der Waals surface area contributed by atoms with Gasteiger partial charge in [-0.15, -0.1) is 0 Å². The average Bonchev–Trinajstić information content (AvgIpc) is 3.15. The van der Waals surface area contributed by atoms with Crippen LogP contribution in [0.3, 0.4) is 0 Å². The Morgan fingerprint density at radius 1 is 0.352 bits per heavy atom. The third kappa shape index (κ3) is 9.53. The number of nitrogens with one attached hydrogen (secondary N) is 4. The molecule has 4 aliphatic heterocycles. The van der Waals surface area contributed by atoms with E-state index in [-0.39, 0.29) is 50.1 Å². The quantitative estimate of drug-likeness (QED) is 0.159. The van der Waals surface area contributed by atoms with Crippen LogP contribution in [-0.4, -0.2) is 76.2 Å². The topological polar surface area (TPSA) is 153 Å². The minimum Gasteiger partial charge on any atom is -0.481 e. The van der Waals surface area contributed by atoms with Crippen LogP contribution >= 0.6 is 47.0 Å². The first-order valence-electron chi connectivity index (χ1n) is 17.2. The molecule has 0 saturated heterocycles. The van der Waals surface area contributed by atoms with Gasteiger partial charge >= 0.3 is 0 Å². The lowest BCUT2D eigenvalue weighted by molar-refractivity contribution is -0.124. The predicted octanol–water partition coefficient (Wildman–Crippen LogP) is 5.39. The van der Waals surface area contributed by atoms with Crippen LogP contribution in [0.2, 0.25) is 0 Å². The van der Waals surface area contributed by atoms with Crippen LogP contribution in [0.15, 0.2) is 112 Å². The van der Waals surface area contributed by atoms with Gasteiger partial charge in [0.2, 0.25) is 0 Å². The van der Waals surface area contributed by atoms with E-state index in [1.54, 1.807) is 0 Å². The Labute approximate surface area is 328 Å². The molecule has 0 aromatic heterocycles. The Morgan fingerprint density at radius 2 is 0.556 bits per heavy atom. The Bertz CT molecular complexity index is 1700. The summed E-state index contributed by atoms with van der Waals surface area (Å²) in [4.78, 5) is 57.8. The van der Waals surface area contributed by atoms with Crippen molar-refractivity contribution in [2.75, 3.05) is 52.6 Å². The molecule has 0 saturated carbocycles. The Morgan fingerprint density at radius 3 is 0.759 bits per heavy atom. The van der Waals surface area contributed by atoms with Crippen LogP contribution in [0.1, 0.15) is 12.8 Å². The van der Waals surface area contributed by atoms with Gasteiger partial charge in [-0.25, -0.2) is 0 Å². The fourth-order valence-electron chi connectivity index (χ4n) is 5.51. The second kappa shape index (κ2) is 18.1. The van der Waals surface area contributed by atoms with E-state index in [1.165, 1.54) is 47.0 Å². The molecular weight excluding hydrogens is 769 g/mol. The third-order valence-electron chi connectivity index (χ3n) is 8.04. The zero-order valence-corrected chi connectivity index (χ0v) is 32.2. The summed E-state index contributed by atoms with van der Waals surface area (Å²) >= 11 is 5.55. The number of para-hydroxylation sites is 4. The third-order valence-corrected chi connectivity index (χ3v) is 12.4. The first kappa shape index (κ1) is 37.7. The number of hydrogen-bond acceptors (Lipinski definition) is 12. The van der Waals surface area contributed by atoms with Crippen molar-refractivity contribution in [1.29, 1.82) is 0 Å². The molecule has 0 spiro atoms. The summed E-state index contributed by atoms with van der Waals surface area (Å²) in [6, 6.07) is 22.9. The van der Waals surface area contributed by atoms with Crippen LogP contribution in [-0.2, 0) is 19.2 Å². The number of benzene rings is 4. The monoisotopic (exact) mass is 804 g/mol. The maximum Gasteiger partial charge on any atom is 0.257 e. The summed E-state index contributed by atoms with van der Waals surface area (Å²) in [5.74, 6) is 0.581. The molecule has 280 valence electrons. The van der Waals surface area contributed by atoms with E-state index in [0.717, 1.165) is 0 Å². The Kier molecular flexibility index (Phi) is 12.6. The molecular formula is C38H36N4O8S4. The summed E-state index contributed by atoms with van der Waals surface area (Å²) in [5.41, 5.74) is 0. The lowest BCUT2D eigenvalue weighted by atomic mass is 10.3. The highest BCUT2D eigenvalue weighted by Crippen LogP contribution is 2.53. The number of amides is 4. The van der Waals surface area contributed by atoms with Gasteiger partial charge in [0, 0.05) is 26.2 Å². The molecule has 0 fully saturated rings. The maximum absolute atomic E-state index is 13.0. The van der Waals surface area contributed by atoms with Gasteiger partial charge in [0.25, 0.3) is 23.6 Å². The highest BCUT2D eigenvalue weighted by Gasteiger charge is 2.25. The summed E-state index contributed by atoms with van der Waals surface area (Å²) in [6.07, 6.45) is 1.03. The summed E-state index contributed by atoms with van der Waals surface area (Å²) in [5, 5.41) is 11.5. The summed E-state index contributed by atoms with van der Waals surface area (Å²) in [7, 11) is 0. The van der Waals surface area contributed by atoms with Gasteiger partial charge in [0.05, 0.1) is 39.2 Å². The molecule has 16 heteroatoms. The van der Waals surface area contributed by atoms with Crippen molar-refractivity contribution in [2.24, 2.45) is 0 Å². The molecule has 54 heavy (non-hydrogen) atoms. The van der Waals surface area contributed by atoms with E-state index >= 15 is 0 Å². The second-order valence-electron chi connectivity index (χ2n) is 12.0. The molecule has 8 rings (SSSR count). The number of ether oxygens (including phenoxy) is 4. The fraction of sp³-hybridized carbons (Fsp3) is 0.263. The highest BCUT2D eigenvalue weighted by molar-refractivity contribution is 8.01. The van der Waals surface area contributed by atoms with E-state index in [9.17, 15) is 19.2 Å². The van der Waals surface area contributed by atoms with Crippen LogP contribution in [0.5, 0.6) is 23.0 Å². The minimum atomic E-state index is -0.323. The molecule has 4 N–H and O–H groups in total. The largest absolute Gasteiger partial charge is 0.481 e. The van der Waals surface area contributed by atoms with Crippen molar-refractivity contribution in [3.05, 3.63) is 72.8 Å². The summed E-state index contributed by atoms with van der Waals surface area (Å²) in [6.45, 7) is 0.299. The molecule has 4 aromatic rings. The minimum absolute atomic E-state index is 0.262. The fourth-order valence-corrected chi connectivity index (χ4v) is 9.98. The van der Waals surface area contributed by atoms with Gasteiger partial charge in [-0.2, -0.15) is 0 Å². The zero-order valence-electron chi connectivity index (χ0n) is 28.9. The Hall–Kier alpha value is -4.64. The van der Waals surface area contributed by atoms with E-state index in [4.69, 9.17) is 18.9 Å². The van der Waals surface area contributed by atoms with E-state index in [1.807, 2.05) is 72.8 Å². The standard InChI is InChI=1S/C38H36N4O8S4/c43-31-19-47-35-23-7-1-8-24(35)52-26-10-3-12-28-37(26)49-21-33(45)41-18-6-17-40-32(44)20-48-36-25(51-23)9-2-11-27(36)53-29-13-4-14-30(54-28)38(29)50-22-34(46)42-16-5-15-39-31/h1-4,7-14H,5-6,15-22H2,(H,39,43)(H,40,44)(H,41,45)(H,42,46). The average molecular weight is 805 g/mol. The zero-order chi connectivity index (χ0) is 37.3. The van der Waals surface area contributed by atoms with Crippen LogP contribution in [0.4, 0.5) is 0 Å². The number of hydrogen-bond donors (Lipinski definition) is 4. The van der Waals surface area contributed by atoms with Crippen molar-refractivity contribution in [3.8, 4) is 23.0 Å². The van der Waals surface area contributed by atoms with Gasteiger partial charge in [-0.05, 0) is 61.4 Å². The number of rotatable bonds is 0. The molecule has 0 aliphatic carbocycles. The lowest BCUT2D eigenvalue weighted by Crippen LogP contribution is -2.34. The maximum atomic E-state index is 13.0. The van der Waals surface area contributed by atoms with E-state index in [2.05, 4.69) is 21.3 Å². The number of carbonyl (C=O) groups excluding carboxylic acids is 4. The second-order valence-corrected chi connectivity index (χ2v) is 16.3. The molecule has 4 amide bonds. The highest BCUT2D eigenvalue weighted by atomic mass is 32.2. The van der Waals surface area contributed by atoms with Gasteiger partial charge in [-0.1, -0.05) is 71.3 Å². The van der Waals surface area contributed by atoms with Gasteiger partial charge in [-0.3, -0.25) is 19.2 Å². The number of carbonyl (C=O) groups is 4. The van der Waals surface area contributed by atoms with Crippen molar-refractivity contribution in [3.63, 3.8) is 0 Å². The van der Waals surface area contributed by atoms with Gasteiger partial charge in [0.15, 0.2) is 26.4 Å². The van der Waals surface area contributed by atoms with Crippen molar-refractivity contribution in [1.82, 2.24) is 21.3 Å². The van der Waals surface area contributed by atoms with Gasteiger partial charge < -0.3 is 40.2 Å². The molecule has 12 nitrogen and oxygen atoms in total. The van der Waals surface area contributed by atoms with Crippen LogP contribution in [0.25, 0.3) is 0 Å². The lowest BCUT2D eigenvalue weighted by Gasteiger charge is -2.22. The van der Waals surface area contributed by atoms with E-state index in [0.29, 0.717) is 101 Å². The molecule has 0 radical (unpaired) electrons. The molecule has 4 aromatic carbocycles. The predicted molar refractivity (Wildman–Crippen MR) is 206 cm³/mol.